The Kier molecular flexibility index (Phi) is 9.18. The van der Waals surface area contributed by atoms with E-state index < -0.39 is 0 Å². The highest BCUT2D eigenvalue weighted by atomic mass is 16.5. The summed E-state index contributed by atoms with van der Waals surface area (Å²) in [4.78, 5) is 0. The molecule has 0 heterocycles. The zero-order valence-corrected chi connectivity index (χ0v) is 10.7. The van der Waals surface area contributed by atoms with Crippen LogP contribution in [-0.2, 0) is 9.47 Å². The van der Waals surface area contributed by atoms with Crippen LogP contribution in [0.25, 0.3) is 0 Å². The summed E-state index contributed by atoms with van der Waals surface area (Å²) >= 11 is 0. The topological polar surface area (TPSA) is 18.5 Å². The molecule has 0 bridgehead atoms. The van der Waals surface area contributed by atoms with Gasteiger partial charge in [0.25, 0.3) is 0 Å². The van der Waals surface area contributed by atoms with Crippen LogP contribution >= 0.6 is 0 Å². The van der Waals surface area contributed by atoms with Crippen LogP contribution in [-0.4, -0.2) is 0 Å². The van der Waals surface area contributed by atoms with E-state index in [2.05, 4.69) is 6.08 Å². The molecule has 0 saturated carbocycles. The SMILES string of the molecule is CC=COC(C)=CCCC(=CC)OC=CC. The molecule has 0 aromatic rings. The Labute approximate surface area is 99.0 Å². The van der Waals surface area contributed by atoms with Gasteiger partial charge in [-0.1, -0.05) is 12.2 Å². The van der Waals surface area contributed by atoms with Crippen molar-refractivity contribution in [2.75, 3.05) is 0 Å². The second-order valence-electron chi connectivity index (χ2n) is 3.28. The molecule has 0 aliphatic heterocycles. The van der Waals surface area contributed by atoms with Crippen molar-refractivity contribution in [3.8, 4) is 0 Å². The summed E-state index contributed by atoms with van der Waals surface area (Å²) < 4.78 is 10.7. The van der Waals surface area contributed by atoms with Gasteiger partial charge >= 0.3 is 0 Å². The van der Waals surface area contributed by atoms with Crippen molar-refractivity contribution in [2.24, 2.45) is 0 Å². The Morgan fingerprint density at radius 1 is 1.00 bits per heavy atom. The van der Waals surface area contributed by atoms with Crippen molar-refractivity contribution in [1.82, 2.24) is 0 Å². The molecule has 0 fully saturated rings. The van der Waals surface area contributed by atoms with Crippen LogP contribution in [0, 0.1) is 0 Å². The Balaban J connectivity index is 3.94. The standard InChI is InChI=1S/C14H22O2/c1-5-11-15-13(4)9-8-10-14(7-3)16-12-6-2/h5-7,9,11-12H,8,10H2,1-4H3. The van der Waals surface area contributed by atoms with Crippen LogP contribution < -0.4 is 0 Å². The van der Waals surface area contributed by atoms with Crippen LogP contribution in [0.15, 0.2) is 48.3 Å². The van der Waals surface area contributed by atoms with Crippen LogP contribution in [0.1, 0.15) is 40.5 Å². The summed E-state index contributed by atoms with van der Waals surface area (Å²) in [6.45, 7) is 7.78. The highest BCUT2D eigenvalue weighted by molar-refractivity contribution is 4.98. The van der Waals surface area contributed by atoms with Crippen molar-refractivity contribution >= 4 is 0 Å². The molecule has 0 aliphatic rings. The van der Waals surface area contributed by atoms with Gasteiger partial charge in [-0.3, -0.25) is 0 Å². The summed E-state index contributed by atoms with van der Waals surface area (Å²) in [5.41, 5.74) is 0. The zero-order chi connectivity index (χ0) is 12.2. The van der Waals surface area contributed by atoms with E-state index in [9.17, 15) is 0 Å². The average molecular weight is 222 g/mol. The molecule has 0 saturated heterocycles. The molecular formula is C14H22O2. The first-order valence-corrected chi connectivity index (χ1v) is 5.62. The van der Waals surface area contributed by atoms with E-state index in [0.29, 0.717) is 0 Å². The summed E-state index contributed by atoms with van der Waals surface area (Å²) in [6.07, 6.45) is 13.0. The van der Waals surface area contributed by atoms with Crippen LogP contribution in [0.4, 0.5) is 0 Å². The lowest BCUT2D eigenvalue weighted by atomic mass is 10.2. The molecule has 0 amide bonds. The molecule has 0 radical (unpaired) electrons. The molecule has 0 atom stereocenters. The van der Waals surface area contributed by atoms with E-state index in [1.165, 1.54) is 0 Å². The average Bonchev–Trinajstić information content (AvgIpc) is 2.30. The highest BCUT2D eigenvalue weighted by Gasteiger charge is 1.94. The Morgan fingerprint density at radius 2 is 1.62 bits per heavy atom. The molecule has 0 aromatic carbocycles. The number of hydrogen-bond acceptors (Lipinski definition) is 2. The van der Waals surface area contributed by atoms with Gasteiger partial charge in [0.15, 0.2) is 0 Å². The lowest BCUT2D eigenvalue weighted by Crippen LogP contribution is -1.86. The smallest absolute Gasteiger partial charge is 0.0992 e. The third-order valence-electron chi connectivity index (χ3n) is 1.89. The van der Waals surface area contributed by atoms with Crippen molar-refractivity contribution < 1.29 is 9.47 Å². The van der Waals surface area contributed by atoms with Gasteiger partial charge in [0.1, 0.15) is 0 Å². The Morgan fingerprint density at radius 3 is 2.19 bits per heavy atom. The number of allylic oxidation sites excluding steroid dienone is 6. The van der Waals surface area contributed by atoms with E-state index in [1.807, 2.05) is 45.9 Å². The number of rotatable bonds is 7. The number of hydrogen-bond donors (Lipinski definition) is 0. The van der Waals surface area contributed by atoms with Crippen molar-refractivity contribution in [2.45, 2.75) is 40.5 Å². The van der Waals surface area contributed by atoms with Gasteiger partial charge in [0, 0.05) is 6.42 Å². The first kappa shape index (κ1) is 14.6. The minimum atomic E-state index is 0.886. The van der Waals surface area contributed by atoms with E-state index in [1.54, 1.807) is 12.5 Å². The van der Waals surface area contributed by atoms with Crippen molar-refractivity contribution in [3.63, 3.8) is 0 Å². The third kappa shape index (κ3) is 7.92. The van der Waals surface area contributed by atoms with Gasteiger partial charge in [-0.2, -0.15) is 0 Å². The van der Waals surface area contributed by atoms with E-state index >= 15 is 0 Å². The molecule has 0 aromatic heterocycles. The van der Waals surface area contributed by atoms with E-state index in [-0.39, 0.29) is 0 Å². The van der Waals surface area contributed by atoms with Crippen molar-refractivity contribution in [3.05, 3.63) is 48.3 Å². The summed E-state index contributed by atoms with van der Waals surface area (Å²) in [7, 11) is 0. The molecule has 16 heavy (non-hydrogen) atoms. The maximum Gasteiger partial charge on any atom is 0.0992 e. The molecule has 2 heteroatoms. The molecule has 90 valence electrons. The fourth-order valence-electron chi connectivity index (χ4n) is 1.07. The molecule has 0 N–H and O–H groups in total. The van der Waals surface area contributed by atoms with Gasteiger partial charge < -0.3 is 9.47 Å². The second kappa shape index (κ2) is 10.1. The largest absolute Gasteiger partial charge is 0.470 e. The molecule has 0 spiro atoms. The Hall–Kier alpha value is -1.44. The first-order valence-electron chi connectivity index (χ1n) is 5.62. The lowest BCUT2D eigenvalue weighted by Gasteiger charge is -2.04. The van der Waals surface area contributed by atoms with Crippen molar-refractivity contribution in [1.29, 1.82) is 0 Å². The quantitative estimate of drug-likeness (QED) is 0.582. The predicted octanol–water partition coefficient (Wildman–Crippen LogP) is 4.67. The lowest BCUT2D eigenvalue weighted by molar-refractivity contribution is 0.329. The van der Waals surface area contributed by atoms with Crippen LogP contribution in [0.2, 0.25) is 0 Å². The second-order valence-corrected chi connectivity index (χ2v) is 3.28. The summed E-state index contributed by atoms with van der Waals surface area (Å²) in [6, 6.07) is 0. The van der Waals surface area contributed by atoms with E-state index in [0.717, 1.165) is 24.4 Å². The maximum atomic E-state index is 5.40. The molecule has 0 unspecified atom stereocenters. The molecule has 0 aliphatic carbocycles. The molecular weight excluding hydrogens is 200 g/mol. The number of ether oxygens (including phenoxy) is 2. The fraction of sp³-hybridized carbons (Fsp3) is 0.429. The van der Waals surface area contributed by atoms with E-state index in [4.69, 9.17) is 9.47 Å². The molecule has 2 nitrogen and oxygen atoms in total. The Bertz CT molecular complexity index is 283. The first-order chi connectivity index (χ1) is 7.74. The summed E-state index contributed by atoms with van der Waals surface area (Å²) in [5, 5.41) is 0. The fourth-order valence-corrected chi connectivity index (χ4v) is 1.07. The minimum Gasteiger partial charge on any atom is -0.470 e. The summed E-state index contributed by atoms with van der Waals surface area (Å²) in [5.74, 6) is 1.90. The normalized spacial score (nSPS) is 13.8. The molecule has 0 rings (SSSR count). The minimum absolute atomic E-state index is 0.886. The van der Waals surface area contributed by atoms with Gasteiger partial charge in [-0.05, 0) is 46.3 Å². The zero-order valence-electron chi connectivity index (χ0n) is 10.7. The monoisotopic (exact) mass is 222 g/mol. The van der Waals surface area contributed by atoms with Gasteiger partial charge in [0.2, 0.25) is 0 Å². The van der Waals surface area contributed by atoms with Gasteiger partial charge in [-0.25, -0.2) is 0 Å². The highest BCUT2D eigenvalue weighted by Crippen LogP contribution is 2.10. The van der Waals surface area contributed by atoms with Crippen LogP contribution in [0.3, 0.4) is 0 Å². The van der Waals surface area contributed by atoms with Gasteiger partial charge in [-0.15, -0.1) is 0 Å². The van der Waals surface area contributed by atoms with Crippen LogP contribution in [0.5, 0.6) is 0 Å². The predicted molar refractivity (Wildman–Crippen MR) is 68.5 cm³/mol. The third-order valence-corrected chi connectivity index (χ3v) is 1.89. The van der Waals surface area contributed by atoms with Gasteiger partial charge in [0.05, 0.1) is 24.0 Å². The maximum absolute atomic E-state index is 5.40.